The van der Waals surface area contributed by atoms with Crippen LogP contribution >= 0.6 is 0 Å². The number of rotatable bonds is 4. The van der Waals surface area contributed by atoms with E-state index in [1.807, 2.05) is 37.3 Å². The second kappa shape index (κ2) is 9.44. The summed E-state index contributed by atoms with van der Waals surface area (Å²) in [4.78, 5) is 36.5. The van der Waals surface area contributed by atoms with Crippen LogP contribution in [-0.2, 0) is 11.2 Å². The Hall–Kier alpha value is -3.82. The molecule has 1 aliphatic heterocycles. The van der Waals surface area contributed by atoms with Crippen molar-refractivity contribution in [2.24, 2.45) is 0 Å². The van der Waals surface area contributed by atoms with Crippen molar-refractivity contribution in [2.45, 2.75) is 18.2 Å². The summed E-state index contributed by atoms with van der Waals surface area (Å²) in [5.41, 5.74) is 3.40. The van der Waals surface area contributed by atoms with Gasteiger partial charge in [-0.2, -0.15) is 0 Å². The van der Waals surface area contributed by atoms with Gasteiger partial charge in [0.25, 0.3) is 11.8 Å². The average Bonchev–Trinajstić information content (AvgIpc) is 3.18. The maximum atomic E-state index is 13.5. The summed E-state index contributed by atoms with van der Waals surface area (Å²) in [5, 5.41) is 2.90. The highest BCUT2D eigenvalue weighted by atomic mass is 32.2. The monoisotopic (exact) mass is 488 g/mol. The van der Waals surface area contributed by atoms with Crippen molar-refractivity contribution >= 4 is 45.4 Å². The molecule has 1 aromatic heterocycles. The van der Waals surface area contributed by atoms with Crippen LogP contribution < -0.4 is 15.0 Å². The van der Waals surface area contributed by atoms with Crippen LogP contribution in [-0.4, -0.2) is 45.7 Å². The van der Waals surface area contributed by atoms with Crippen LogP contribution in [0.1, 0.15) is 33.0 Å². The van der Waals surface area contributed by atoms with E-state index < -0.39 is 11.2 Å². The molecule has 1 atom stereocenters. The van der Waals surface area contributed by atoms with Crippen LogP contribution in [0, 0.1) is 6.92 Å². The van der Waals surface area contributed by atoms with E-state index in [-0.39, 0.29) is 17.6 Å². The van der Waals surface area contributed by atoms with Crippen molar-refractivity contribution in [1.82, 2.24) is 9.97 Å². The third-order valence-corrected chi connectivity index (χ3v) is 7.43. The molecule has 0 fully saturated rings. The number of hydrogen-bond donors (Lipinski definition) is 2. The number of amides is 2. The number of H-pyrrole nitrogens is 1. The van der Waals surface area contributed by atoms with Gasteiger partial charge in [0.1, 0.15) is 22.8 Å². The van der Waals surface area contributed by atoms with E-state index in [9.17, 15) is 14.1 Å². The molecule has 0 bridgehead atoms. The number of nitrogens with zero attached hydrogens (tertiary/aromatic N) is 2. The zero-order valence-electron chi connectivity index (χ0n) is 19.3. The van der Waals surface area contributed by atoms with E-state index >= 15 is 0 Å². The molecule has 2 heterocycles. The number of methoxy groups -OCH3 is 1. The molecule has 0 spiro atoms. The minimum absolute atomic E-state index is 0.238. The minimum atomic E-state index is -1.15. The Morgan fingerprint density at radius 1 is 1.14 bits per heavy atom. The molecule has 0 aliphatic carbocycles. The Morgan fingerprint density at radius 2 is 1.97 bits per heavy atom. The number of imidazole rings is 1. The summed E-state index contributed by atoms with van der Waals surface area (Å²) < 4.78 is 18.0. The van der Waals surface area contributed by atoms with Crippen LogP contribution in [0.25, 0.3) is 11.0 Å². The van der Waals surface area contributed by atoms with Gasteiger partial charge in [0.2, 0.25) is 0 Å². The summed E-state index contributed by atoms with van der Waals surface area (Å²) in [6.07, 6.45) is 0.628. The van der Waals surface area contributed by atoms with E-state index in [0.717, 1.165) is 11.3 Å². The third kappa shape index (κ3) is 4.36. The average molecular weight is 489 g/mol. The quantitative estimate of drug-likeness (QED) is 0.417. The molecule has 9 heteroatoms. The fourth-order valence-corrected chi connectivity index (χ4v) is 5.53. The highest BCUT2D eigenvalue weighted by Crippen LogP contribution is 2.32. The standard InChI is InChI=1S/C26H24N4O4S/c1-16-27-19-7-5-8-20(24(19)28-16)29-25(31)18-12-11-17(15-22(18)34-2)26(32)30-13-6-14-35(33)23-10-4-3-9-21(23)30/h3-5,7-12,15H,6,13-14H2,1-2H3,(H,27,28)(H,29,31). The van der Waals surface area contributed by atoms with Crippen molar-refractivity contribution in [3.8, 4) is 5.75 Å². The lowest BCUT2D eigenvalue weighted by Gasteiger charge is -2.22. The van der Waals surface area contributed by atoms with Gasteiger partial charge in [0, 0.05) is 18.5 Å². The number of para-hydroxylation sites is 2. The Kier molecular flexibility index (Phi) is 6.19. The molecule has 2 N–H and O–H groups in total. The smallest absolute Gasteiger partial charge is 0.259 e. The molecule has 35 heavy (non-hydrogen) atoms. The number of aromatic nitrogens is 2. The van der Waals surface area contributed by atoms with Crippen LogP contribution in [0.5, 0.6) is 5.75 Å². The molecular formula is C26H24N4O4S. The number of hydrogen-bond acceptors (Lipinski definition) is 5. The predicted molar refractivity (Wildman–Crippen MR) is 136 cm³/mol. The predicted octanol–water partition coefficient (Wildman–Crippen LogP) is 4.29. The highest BCUT2D eigenvalue weighted by molar-refractivity contribution is 7.91. The molecule has 0 saturated carbocycles. The lowest BCUT2D eigenvalue weighted by molar-refractivity contribution is 0.0982. The van der Waals surface area contributed by atoms with Crippen LogP contribution in [0.2, 0.25) is 0 Å². The molecule has 5 rings (SSSR count). The number of ether oxygens (including phenoxy) is 1. The van der Waals surface area contributed by atoms with Crippen LogP contribution in [0.4, 0.5) is 11.4 Å². The van der Waals surface area contributed by atoms with Gasteiger partial charge in [-0.3, -0.25) is 9.59 Å². The largest absolute Gasteiger partial charge is 0.611 e. The summed E-state index contributed by atoms with van der Waals surface area (Å²) in [7, 11) is 1.46. The number of benzene rings is 3. The number of carbonyl (C=O) groups excluding carboxylic acids is 2. The summed E-state index contributed by atoms with van der Waals surface area (Å²) in [5.74, 6) is 0.931. The normalized spacial score (nSPS) is 15.4. The number of fused-ring (bicyclic) bond motifs is 2. The first-order chi connectivity index (χ1) is 17.0. The molecule has 3 aromatic carbocycles. The van der Waals surface area contributed by atoms with E-state index in [1.54, 1.807) is 35.2 Å². The second-order valence-electron chi connectivity index (χ2n) is 8.22. The zero-order chi connectivity index (χ0) is 24.5. The van der Waals surface area contributed by atoms with Crippen molar-refractivity contribution in [2.75, 3.05) is 29.6 Å². The molecule has 2 amide bonds. The maximum absolute atomic E-state index is 13.5. The molecule has 4 aromatic rings. The van der Waals surface area contributed by atoms with Crippen molar-refractivity contribution in [3.05, 3.63) is 77.6 Å². The van der Waals surface area contributed by atoms with Gasteiger partial charge in [-0.05, 0) is 60.6 Å². The zero-order valence-corrected chi connectivity index (χ0v) is 20.1. The van der Waals surface area contributed by atoms with Crippen molar-refractivity contribution < 1.29 is 18.9 Å². The van der Waals surface area contributed by atoms with Gasteiger partial charge in [0.15, 0.2) is 4.90 Å². The molecule has 0 saturated heterocycles. The first kappa shape index (κ1) is 22.9. The molecule has 1 unspecified atom stereocenters. The highest BCUT2D eigenvalue weighted by Gasteiger charge is 2.29. The number of aryl methyl sites for hydroxylation is 1. The van der Waals surface area contributed by atoms with Crippen molar-refractivity contribution in [3.63, 3.8) is 0 Å². The molecule has 0 radical (unpaired) electrons. The molecule has 1 aliphatic rings. The lowest BCUT2D eigenvalue weighted by atomic mass is 10.1. The number of anilines is 2. The SMILES string of the molecule is COc1cc(C(=O)N2CCC[S+]([O-])c3ccccc32)ccc1C(=O)Nc1cccc2[nH]c(C)nc12. The number of aromatic amines is 1. The Labute approximate surface area is 205 Å². The first-order valence-corrected chi connectivity index (χ1v) is 12.5. The van der Waals surface area contributed by atoms with Gasteiger partial charge < -0.3 is 24.5 Å². The molecular weight excluding hydrogens is 464 g/mol. The second-order valence-corrected chi connectivity index (χ2v) is 9.76. The van der Waals surface area contributed by atoms with E-state index in [2.05, 4.69) is 15.3 Å². The topological polar surface area (TPSA) is 110 Å². The Bertz CT molecular complexity index is 1430. The van der Waals surface area contributed by atoms with E-state index in [1.165, 1.54) is 7.11 Å². The van der Waals surface area contributed by atoms with Gasteiger partial charge >= 0.3 is 0 Å². The number of nitrogens with one attached hydrogen (secondary N) is 2. The summed E-state index contributed by atoms with van der Waals surface area (Å²) in [6.45, 7) is 2.31. The first-order valence-electron chi connectivity index (χ1n) is 11.2. The lowest BCUT2D eigenvalue weighted by Crippen LogP contribution is -2.32. The van der Waals surface area contributed by atoms with Crippen LogP contribution in [0.15, 0.2) is 65.6 Å². The molecule has 8 nitrogen and oxygen atoms in total. The summed E-state index contributed by atoms with van der Waals surface area (Å²) in [6, 6.07) is 17.5. The Morgan fingerprint density at radius 3 is 2.80 bits per heavy atom. The van der Waals surface area contributed by atoms with Crippen LogP contribution in [0.3, 0.4) is 0 Å². The minimum Gasteiger partial charge on any atom is -0.611 e. The van der Waals surface area contributed by atoms with E-state index in [4.69, 9.17) is 4.74 Å². The summed E-state index contributed by atoms with van der Waals surface area (Å²) >= 11 is -1.15. The van der Waals surface area contributed by atoms with Gasteiger partial charge in [-0.1, -0.05) is 18.2 Å². The van der Waals surface area contributed by atoms with Gasteiger partial charge in [-0.25, -0.2) is 4.98 Å². The van der Waals surface area contributed by atoms with Gasteiger partial charge in [0.05, 0.1) is 29.6 Å². The Balaban J connectivity index is 1.44. The fourth-order valence-electron chi connectivity index (χ4n) is 4.28. The van der Waals surface area contributed by atoms with Crippen molar-refractivity contribution in [1.29, 1.82) is 0 Å². The molecule has 178 valence electrons. The third-order valence-electron chi connectivity index (χ3n) is 5.93. The fraction of sp³-hybridized carbons (Fsp3) is 0.192. The number of carbonyl (C=O) groups is 2. The van der Waals surface area contributed by atoms with E-state index in [0.29, 0.717) is 51.6 Å². The maximum Gasteiger partial charge on any atom is 0.259 e. The van der Waals surface area contributed by atoms with Gasteiger partial charge in [-0.15, -0.1) is 0 Å².